The zero-order chi connectivity index (χ0) is 20.4. The highest BCUT2D eigenvalue weighted by molar-refractivity contribution is 5.66. The molecule has 0 spiro atoms. The van der Waals surface area contributed by atoms with Gasteiger partial charge in [0, 0.05) is 22.9 Å². The van der Waals surface area contributed by atoms with Gasteiger partial charge in [-0.1, -0.05) is 42.0 Å². The first kappa shape index (κ1) is 18.6. The number of aryl methyl sites for hydroxylation is 3. The van der Waals surface area contributed by atoms with E-state index in [-0.39, 0.29) is 6.61 Å². The quantitative estimate of drug-likeness (QED) is 0.566. The summed E-state index contributed by atoms with van der Waals surface area (Å²) in [4.78, 5) is 16.5. The Bertz CT molecular complexity index is 1210. The molecule has 0 radical (unpaired) electrons. The van der Waals surface area contributed by atoms with Crippen LogP contribution in [-0.4, -0.2) is 25.2 Å². The molecular weight excluding hydrogens is 366 g/mol. The van der Waals surface area contributed by atoms with Crippen LogP contribution in [0.4, 0.5) is 0 Å². The molecule has 2 aromatic carbocycles. The Balaban J connectivity index is 1.59. The summed E-state index contributed by atoms with van der Waals surface area (Å²) < 4.78 is 7.18. The molecule has 4 rings (SSSR count). The fourth-order valence-corrected chi connectivity index (χ4v) is 3.23. The fourth-order valence-electron chi connectivity index (χ4n) is 3.23. The maximum absolute atomic E-state index is 11.9. The number of hydrogen-bond donors (Lipinski definition) is 1. The number of aromatic amines is 1. The third-order valence-electron chi connectivity index (χ3n) is 4.87. The lowest BCUT2D eigenvalue weighted by Crippen LogP contribution is -2.18. The third kappa shape index (κ3) is 3.80. The standard InChI is InChI=1S/C22H21N5O2/c1-14-7-9-17(10-8-14)18-11-12-21(23-16(18)3)29-13-19-15(2)5-4-6-20(19)27-22(28)24-25-26-27/h4-12H,13H2,1-3H3,(H,24,26,28). The van der Waals surface area contributed by atoms with E-state index in [1.54, 1.807) is 0 Å². The van der Waals surface area contributed by atoms with Crippen LogP contribution in [0.3, 0.4) is 0 Å². The van der Waals surface area contributed by atoms with E-state index < -0.39 is 5.69 Å². The SMILES string of the molecule is Cc1ccc(-c2ccc(OCc3c(C)cccc3-n3nn[nH]c3=O)nc2C)cc1. The van der Waals surface area contributed by atoms with E-state index in [1.165, 1.54) is 10.2 Å². The number of benzene rings is 2. The molecule has 7 nitrogen and oxygen atoms in total. The molecule has 0 aliphatic heterocycles. The zero-order valence-corrected chi connectivity index (χ0v) is 16.5. The smallest absolute Gasteiger partial charge is 0.365 e. The largest absolute Gasteiger partial charge is 0.473 e. The maximum Gasteiger partial charge on any atom is 0.365 e. The summed E-state index contributed by atoms with van der Waals surface area (Å²) >= 11 is 0. The number of H-pyrrole nitrogens is 1. The Hall–Kier alpha value is -3.74. The number of pyridine rings is 1. The van der Waals surface area contributed by atoms with Crippen molar-refractivity contribution in [3.8, 4) is 22.7 Å². The van der Waals surface area contributed by atoms with Crippen LogP contribution in [0.2, 0.25) is 0 Å². The van der Waals surface area contributed by atoms with Crippen LogP contribution in [0.1, 0.15) is 22.4 Å². The highest BCUT2D eigenvalue weighted by Crippen LogP contribution is 2.26. The van der Waals surface area contributed by atoms with Gasteiger partial charge in [0.1, 0.15) is 6.61 Å². The third-order valence-corrected chi connectivity index (χ3v) is 4.87. The lowest BCUT2D eigenvalue weighted by Gasteiger charge is -2.13. The van der Waals surface area contributed by atoms with Gasteiger partial charge in [-0.2, -0.15) is 4.68 Å². The van der Waals surface area contributed by atoms with Gasteiger partial charge in [-0.05, 0) is 54.5 Å². The van der Waals surface area contributed by atoms with Crippen LogP contribution in [0.25, 0.3) is 16.8 Å². The lowest BCUT2D eigenvalue weighted by molar-refractivity contribution is 0.292. The summed E-state index contributed by atoms with van der Waals surface area (Å²) in [6, 6.07) is 17.9. The number of aromatic nitrogens is 5. The molecule has 0 unspecified atom stereocenters. The van der Waals surface area contributed by atoms with Crippen molar-refractivity contribution < 1.29 is 4.74 Å². The van der Waals surface area contributed by atoms with Gasteiger partial charge >= 0.3 is 5.69 Å². The molecule has 29 heavy (non-hydrogen) atoms. The molecule has 0 atom stereocenters. The molecule has 0 bridgehead atoms. The van der Waals surface area contributed by atoms with Gasteiger partial charge in [0.2, 0.25) is 5.88 Å². The van der Waals surface area contributed by atoms with E-state index in [2.05, 4.69) is 51.7 Å². The highest BCUT2D eigenvalue weighted by Gasteiger charge is 2.13. The minimum absolute atomic E-state index is 0.262. The number of tetrazole rings is 1. The van der Waals surface area contributed by atoms with Crippen LogP contribution in [0.5, 0.6) is 5.88 Å². The van der Waals surface area contributed by atoms with Gasteiger partial charge in [-0.15, -0.1) is 0 Å². The Labute approximate surface area is 168 Å². The van der Waals surface area contributed by atoms with Crippen molar-refractivity contribution in [3.63, 3.8) is 0 Å². The maximum atomic E-state index is 11.9. The minimum atomic E-state index is -0.395. The lowest BCUT2D eigenvalue weighted by atomic mass is 10.0. The van der Waals surface area contributed by atoms with E-state index in [0.717, 1.165) is 27.9 Å². The van der Waals surface area contributed by atoms with Crippen molar-refractivity contribution in [3.05, 3.63) is 87.5 Å². The molecular formula is C22H21N5O2. The van der Waals surface area contributed by atoms with Crippen molar-refractivity contribution in [1.82, 2.24) is 25.2 Å². The van der Waals surface area contributed by atoms with E-state index >= 15 is 0 Å². The summed E-state index contributed by atoms with van der Waals surface area (Å²) in [5.74, 6) is 0.528. The topological polar surface area (TPSA) is 85.7 Å². The van der Waals surface area contributed by atoms with Crippen LogP contribution in [0.15, 0.2) is 59.4 Å². The van der Waals surface area contributed by atoms with Gasteiger partial charge < -0.3 is 4.74 Å². The molecule has 2 heterocycles. The van der Waals surface area contributed by atoms with E-state index in [4.69, 9.17) is 4.74 Å². The second-order valence-corrected chi connectivity index (χ2v) is 6.93. The molecule has 4 aromatic rings. The minimum Gasteiger partial charge on any atom is -0.473 e. The van der Waals surface area contributed by atoms with Gasteiger partial charge in [0.05, 0.1) is 5.69 Å². The second kappa shape index (κ2) is 7.71. The normalized spacial score (nSPS) is 10.9. The molecule has 7 heteroatoms. The zero-order valence-electron chi connectivity index (χ0n) is 16.5. The van der Waals surface area contributed by atoms with Gasteiger partial charge in [0.15, 0.2) is 0 Å². The van der Waals surface area contributed by atoms with Crippen molar-refractivity contribution in [2.45, 2.75) is 27.4 Å². The number of nitrogens with one attached hydrogen (secondary N) is 1. The molecule has 0 amide bonds. The van der Waals surface area contributed by atoms with Crippen LogP contribution in [-0.2, 0) is 6.61 Å². The predicted octanol–water partition coefficient (Wildman–Crippen LogP) is 3.52. The van der Waals surface area contributed by atoms with Crippen molar-refractivity contribution >= 4 is 0 Å². The van der Waals surface area contributed by atoms with Gasteiger partial charge in [0.25, 0.3) is 0 Å². The Morgan fingerprint density at radius 2 is 1.79 bits per heavy atom. The molecule has 0 fully saturated rings. The first-order valence-corrected chi connectivity index (χ1v) is 9.29. The molecule has 0 aliphatic carbocycles. The summed E-state index contributed by atoms with van der Waals surface area (Å²) in [6.45, 7) is 6.26. The van der Waals surface area contributed by atoms with E-state index in [0.29, 0.717) is 11.6 Å². The molecule has 2 aromatic heterocycles. The average molecular weight is 387 g/mol. The molecule has 146 valence electrons. The average Bonchev–Trinajstić information content (AvgIpc) is 3.13. The number of rotatable bonds is 5. The van der Waals surface area contributed by atoms with Crippen molar-refractivity contribution in [2.75, 3.05) is 0 Å². The van der Waals surface area contributed by atoms with Crippen molar-refractivity contribution in [1.29, 1.82) is 0 Å². The highest BCUT2D eigenvalue weighted by atomic mass is 16.5. The van der Waals surface area contributed by atoms with Crippen LogP contribution in [0, 0.1) is 20.8 Å². The first-order valence-electron chi connectivity index (χ1n) is 9.29. The molecule has 0 saturated carbocycles. The Kier molecular flexibility index (Phi) is 4.95. The van der Waals surface area contributed by atoms with Gasteiger partial charge in [-0.3, -0.25) is 0 Å². The molecule has 1 N–H and O–H groups in total. The summed E-state index contributed by atoms with van der Waals surface area (Å²) in [7, 11) is 0. The fraction of sp³-hybridized carbons (Fsp3) is 0.182. The monoisotopic (exact) mass is 387 g/mol. The van der Waals surface area contributed by atoms with Crippen LogP contribution < -0.4 is 10.4 Å². The summed E-state index contributed by atoms with van der Waals surface area (Å²) in [5, 5.41) is 9.71. The van der Waals surface area contributed by atoms with E-state index in [9.17, 15) is 4.79 Å². The Morgan fingerprint density at radius 3 is 2.48 bits per heavy atom. The van der Waals surface area contributed by atoms with Gasteiger partial charge in [-0.25, -0.2) is 14.9 Å². The summed E-state index contributed by atoms with van der Waals surface area (Å²) in [6.07, 6.45) is 0. The number of ether oxygens (including phenoxy) is 1. The summed E-state index contributed by atoms with van der Waals surface area (Å²) in [5.41, 5.74) is 6.39. The molecule has 0 saturated heterocycles. The number of nitrogens with zero attached hydrogens (tertiary/aromatic N) is 4. The predicted molar refractivity (Wildman–Crippen MR) is 110 cm³/mol. The van der Waals surface area contributed by atoms with Crippen molar-refractivity contribution in [2.24, 2.45) is 0 Å². The second-order valence-electron chi connectivity index (χ2n) is 6.93. The first-order chi connectivity index (χ1) is 14.0. The Morgan fingerprint density at radius 1 is 1.00 bits per heavy atom. The van der Waals surface area contributed by atoms with Crippen LogP contribution >= 0.6 is 0 Å². The number of hydrogen-bond acceptors (Lipinski definition) is 5. The van der Waals surface area contributed by atoms with E-state index in [1.807, 2.05) is 44.2 Å². The molecule has 0 aliphatic rings.